The van der Waals surface area contributed by atoms with Crippen molar-refractivity contribution >= 4 is 23.1 Å². The maximum absolute atomic E-state index is 13.7. The van der Waals surface area contributed by atoms with Crippen molar-refractivity contribution in [1.29, 1.82) is 0 Å². The fraction of sp³-hybridized carbons (Fsp3) is 0.360. The van der Waals surface area contributed by atoms with E-state index in [0.717, 1.165) is 37.8 Å². The Morgan fingerprint density at radius 3 is 2.19 bits per heavy atom. The van der Waals surface area contributed by atoms with Gasteiger partial charge in [0, 0.05) is 18.8 Å². The summed E-state index contributed by atoms with van der Waals surface area (Å²) in [6, 6.07) is 14.9. The molecule has 31 heavy (non-hydrogen) atoms. The third kappa shape index (κ3) is 3.78. The minimum atomic E-state index is -0.234. The number of amides is 2. The molecule has 1 heterocycles. The van der Waals surface area contributed by atoms with Crippen molar-refractivity contribution in [3.8, 4) is 11.5 Å². The van der Waals surface area contributed by atoms with Gasteiger partial charge in [0.05, 0.1) is 19.8 Å². The highest BCUT2D eigenvalue weighted by molar-refractivity contribution is 6.37. The van der Waals surface area contributed by atoms with E-state index in [4.69, 9.17) is 9.47 Å². The number of hydrogen-bond donors (Lipinski definition) is 0. The van der Waals surface area contributed by atoms with Gasteiger partial charge in [0.25, 0.3) is 11.8 Å². The largest absolute Gasteiger partial charge is 0.493 e. The maximum atomic E-state index is 13.7. The first-order valence-electron chi connectivity index (χ1n) is 10.7. The number of carbonyl (C=O) groups is 2. The van der Waals surface area contributed by atoms with Crippen LogP contribution < -0.4 is 14.4 Å². The molecule has 0 bridgehead atoms. The van der Waals surface area contributed by atoms with Crippen molar-refractivity contribution in [1.82, 2.24) is 4.90 Å². The third-order valence-electron chi connectivity index (χ3n) is 6.18. The number of anilines is 1. The lowest BCUT2D eigenvalue weighted by atomic mass is 9.94. The average Bonchev–Trinajstić information content (AvgIpc) is 3.09. The second-order valence-corrected chi connectivity index (χ2v) is 7.96. The van der Waals surface area contributed by atoms with Gasteiger partial charge in [0.15, 0.2) is 11.5 Å². The highest BCUT2D eigenvalue weighted by Crippen LogP contribution is 2.39. The van der Waals surface area contributed by atoms with Crippen molar-refractivity contribution in [3.05, 3.63) is 59.8 Å². The molecule has 0 N–H and O–H groups in total. The fourth-order valence-electron chi connectivity index (χ4n) is 4.55. The summed E-state index contributed by atoms with van der Waals surface area (Å²) in [5, 5.41) is 0. The van der Waals surface area contributed by atoms with Gasteiger partial charge in [-0.1, -0.05) is 43.5 Å². The molecule has 2 aromatic carbocycles. The molecule has 0 spiro atoms. The Morgan fingerprint density at radius 1 is 0.871 bits per heavy atom. The molecule has 0 unspecified atom stereocenters. The highest BCUT2D eigenvalue weighted by Gasteiger charge is 2.44. The number of benzene rings is 2. The van der Waals surface area contributed by atoms with Crippen molar-refractivity contribution in [2.75, 3.05) is 26.2 Å². The van der Waals surface area contributed by atoms with Crippen LogP contribution in [-0.4, -0.2) is 44.0 Å². The van der Waals surface area contributed by atoms with E-state index in [2.05, 4.69) is 0 Å². The summed E-state index contributed by atoms with van der Waals surface area (Å²) in [7, 11) is 4.96. The summed E-state index contributed by atoms with van der Waals surface area (Å²) in [5.74, 6) is 0.631. The minimum Gasteiger partial charge on any atom is -0.493 e. The molecular formula is C25H28N2O4. The molecule has 0 radical (unpaired) electrons. The first-order chi connectivity index (χ1) is 15.1. The van der Waals surface area contributed by atoms with E-state index in [1.165, 1.54) is 4.90 Å². The van der Waals surface area contributed by atoms with Gasteiger partial charge in [-0.05, 0) is 42.7 Å². The second-order valence-electron chi connectivity index (χ2n) is 7.96. The van der Waals surface area contributed by atoms with Gasteiger partial charge in [0.2, 0.25) is 0 Å². The molecule has 1 fully saturated rings. The van der Waals surface area contributed by atoms with Crippen LogP contribution in [0.4, 0.5) is 5.69 Å². The molecule has 6 nitrogen and oxygen atoms in total. The number of methoxy groups -OCH3 is 2. The molecule has 2 aromatic rings. The Hall–Kier alpha value is -3.28. The summed E-state index contributed by atoms with van der Waals surface area (Å²) < 4.78 is 10.8. The SMILES string of the molecule is COc1ccc(C2=C(N(C)c3ccccc3)C(=O)N(C3CCCCC3)C2=O)cc1OC. The topological polar surface area (TPSA) is 59.1 Å². The second kappa shape index (κ2) is 8.84. The molecule has 1 aliphatic heterocycles. The predicted molar refractivity (Wildman–Crippen MR) is 120 cm³/mol. The Morgan fingerprint density at radius 2 is 1.55 bits per heavy atom. The molecule has 0 atom stereocenters. The quantitative estimate of drug-likeness (QED) is 0.654. The van der Waals surface area contributed by atoms with E-state index >= 15 is 0 Å². The summed E-state index contributed by atoms with van der Waals surface area (Å²) in [6.07, 6.45) is 4.95. The number of para-hydroxylation sites is 1. The number of nitrogens with zero attached hydrogens (tertiary/aromatic N) is 2. The number of imide groups is 1. The van der Waals surface area contributed by atoms with Gasteiger partial charge in [-0.3, -0.25) is 14.5 Å². The summed E-state index contributed by atoms with van der Waals surface area (Å²) in [6.45, 7) is 0. The van der Waals surface area contributed by atoms with E-state index < -0.39 is 0 Å². The zero-order valence-electron chi connectivity index (χ0n) is 18.3. The monoisotopic (exact) mass is 420 g/mol. The van der Waals surface area contributed by atoms with Gasteiger partial charge in [-0.15, -0.1) is 0 Å². The molecule has 0 saturated heterocycles. The highest BCUT2D eigenvalue weighted by atomic mass is 16.5. The molecule has 162 valence electrons. The molecule has 6 heteroatoms. The standard InChI is InChI=1S/C25H28N2O4/c1-26(18-10-6-4-7-11-18)23-22(17-14-15-20(30-2)21(16-17)31-3)24(28)27(25(23)29)19-12-8-5-9-13-19/h4,6-7,10-11,14-16,19H,5,8-9,12-13H2,1-3H3. The molecule has 2 amide bonds. The molecule has 1 aliphatic carbocycles. The van der Waals surface area contributed by atoms with Crippen molar-refractivity contribution in [2.45, 2.75) is 38.1 Å². The zero-order valence-corrected chi connectivity index (χ0v) is 18.3. The number of ether oxygens (including phenoxy) is 2. The van der Waals surface area contributed by atoms with Gasteiger partial charge >= 0.3 is 0 Å². The summed E-state index contributed by atoms with van der Waals surface area (Å²) in [4.78, 5) is 30.6. The van der Waals surface area contributed by atoms with Crippen LogP contribution in [0, 0.1) is 0 Å². The van der Waals surface area contributed by atoms with Gasteiger partial charge < -0.3 is 14.4 Å². The van der Waals surface area contributed by atoms with E-state index in [1.807, 2.05) is 48.3 Å². The number of carbonyl (C=O) groups excluding carboxylic acids is 2. The van der Waals surface area contributed by atoms with Crippen LogP contribution in [0.15, 0.2) is 54.2 Å². The third-order valence-corrected chi connectivity index (χ3v) is 6.18. The Bertz CT molecular complexity index is 1010. The lowest BCUT2D eigenvalue weighted by Crippen LogP contribution is -2.43. The lowest BCUT2D eigenvalue weighted by Gasteiger charge is -2.30. The zero-order chi connectivity index (χ0) is 22.0. The normalized spacial score (nSPS) is 17.3. The number of hydrogen-bond acceptors (Lipinski definition) is 5. The molecule has 2 aliphatic rings. The van der Waals surface area contributed by atoms with Crippen LogP contribution in [-0.2, 0) is 9.59 Å². The van der Waals surface area contributed by atoms with Crippen LogP contribution in [0.5, 0.6) is 11.5 Å². The fourth-order valence-corrected chi connectivity index (χ4v) is 4.55. The van der Waals surface area contributed by atoms with Gasteiger partial charge in [0.1, 0.15) is 5.70 Å². The first-order valence-corrected chi connectivity index (χ1v) is 10.7. The smallest absolute Gasteiger partial charge is 0.278 e. The van der Waals surface area contributed by atoms with Crippen molar-refractivity contribution < 1.29 is 19.1 Å². The van der Waals surface area contributed by atoms with Crippen molar-refractivity contribution in [2.24, 2.45) is 0 Å². The van der Waals surface area contributed by atoms with Crippen LogP contribution in [0.3, 0.4) is 0 Å². The van der Waals surface area contributed by atoms with Gasteiger partial charge in [-0.2, -0.15) is 0 Å². The Kier molecular flexibility index (Phi) is 5.98. The van der Waals surface area contributed by atoms with E-state index in [1.54, 1.807) is 26.4 Å². The van der Waals surface area contributed by atoms with Crippen LogP contribution in [0.25, 0.3) is 5.57 Å². The Labute approximate surface area is 183 Å². The van der Waals surface area contributed by atoms with Crippen LogP contribution >= 0.6 is 0 Å². The first kappa shape index (κ1) is 21.0. The maximum Gasteiger partial charge on any atom is 0.278 e. The molecule has 4 rings (SSSR count). The molecule has 0 aromatic heterocycles. The molecular weight excluding hydrogens is 392 g/mol. The molecule has 1 saturated carbocycles. The van der Waals surface area contributed by atoms with Crippen LogP contribution in [0.2, 0.25) is 0 Å². The van der Waals surface area contributed by atoms with Gasteiger partial charge in [-0.25, -0.2) is 0 Å². The van der Waals surface area contributed by atoms with E-state index in [9.17, 15) is 9.59 Å². The number of likely N-dealkylation sites (N-methyl/N-ethyl adjacent to an activating group) is 1. The van der Waals surface area contributed by atoms with Crippen molar-refractivity contribution in [3.63, 3.8) is 0 Å². The van der Waals surface area contributed by atoms with Crippen LogP contribution in [0.1, 0.15) is 37.7 Å². The average molecular weight is 421 g/mol. The Balaban J connectivity index is 1.84. The summed E-state index contributed by atoms with van der Waals surface area (Å²) in [5.41, 5.74) is 2.30. The summed E-state index contributed by atoms with van der Waals surface area (Å²) >= 11 is 0. The predicted octanol–water partition coefficient (Wildman–Crippen LogP) is 4.25. The van der Waals surface area contributed by atoms with E-state index in [0.29, 0.717) is 28.3 Å². The number of rotatable bonds is 6. The lowest BCUT2D eigenvalue weighted by molar-refractivity contribution is -0.140. The van der Waals surface area contributed by atoms with E-state index in [-0.39, 0.29) is 17.9 Å². The minimum absolute atomic E-state index is 0.0504.